The van der Waals surface area contributed by atoms with Gasteiger partial charge >= 0.3 is 0 Å². The van der Waals surface area contributed by atoms with E-state index in [1.165, 1.54) is 28.5 Å². The third-order valence-corrected chi connectivity index (χ3v) is 6.35. The fourth-order valence-electron chi connectivity index (χ4n) is 4.38. The monoisotopic (exact) mass is 478 g/mol. The van der Waals surface area contributed by atoms with Gasteiger partial charge in [-0.2, -0.15) is 0 Å². The summed E-state index contributed by atoms with van der Waals surface area (Å²) in [5.41, 5.74) is 4.62. The van der Waals surface area contributed by atoms with Crippen LogP contribution in [0.2, 0.25) is 5.02 Å². The molecule has 0 saturated carbocycles. The molecule has 3 aromatic heterocycles. The summed E-state index contributed by atoms with van der Waals surface area (Å²) in [7, 11) is 1.63. The van der Waals surface area contributed by atoms with E-state index in [9.17, 15) is 9.18 Å². The van der Waals surface area contributed by atoms with Gasteiger partial charge in [0.25, 0.3) is 5.56 Å². The van der Waals surface area contributed by atoms with E-state index in [0.717, 1.165) is 54.2 Å². The van der Waals surface area contributed by atoms with Crippen molar-refractivity contribution in [1.29, 1.82) is 0 Å². The maximum absolute atomic E-state index is 14.2. The van der Waals surface area contributed by atoms with Crippen LogP contribution in [0.5, 0.6) is 0 Å². The van der Waals surface area contributed by atoms with E-state index in [-0.39, 0.29) is 16.8 Å². The first-order chi connectivity index (χ1) is 16.5. The Labute approximate surface area is 201 Å². The molecule has 1 aliphatic carbocycles. The standard InChI is InChI=1S/C25H24ClFN6O/c1-33-23(34)13-22(16-8-9-28-14-19(16)27)32-25(33)30-11-10-29-24-17-4-2-3-5-20(17)31-21-7-6-15(26)12-18(21)24/h6-9,12-14H,2-5,10-11H2,1H3,(H,29,31)(H,30,32). The topological polar surface area (TPSA) is 84.7 Å². The first kappa shape index (κ1) is 22.3. The van der Waals surface area contributed by atoms with Crippen LogP contribution in [-0.2, 0) is 19.9 Å². The molecule has 0 radical (unpaired) electrons. The maximum Gasteiger partial charge on any atom is 0.255 e. The number of anilines is 2. The lowest BCUT2D eigenvalue weighted by Crippen LogP contribution is -2.24. The van der Waals surface area contributed by atoms with E-state index in [0.29, 0.717) is 24.1 Å². The molecule has 9 heteroatoms. The Morgan fingerprint density at radius 3 is 2.76 bits per heavy atom. The van der Waals surface area contributed by atoms with Crippen molar-refractivity contribution in [3.63, 3.8) is 0 Å². The quantitative estimate of drug-likeness (QED) is 0.394. The molecule has 3 heterocycles. The third-order valence-electron chi connectivity index (χ3n) is 6.12. The van der Waals surface area contributed by atoms with Crippen molar-refractivity contribution in [1.82, 2.24) is 19.5 Å². The van der Waals surface area contributed by atoms with Gasteiger partial charge in [-0.05, 0) is 55.5 Å². The second-order valence-electron chi connectivity index (χ2n) is 8.35. The van der Waals surface area contributed by atoms with Crippen LogP contribution in [0.15, 0.2) is 47.5 Å². The highest BCUT2D eigenvalue weighted by atomic mass is 35.5. The minimum absolute atomic E-state index is 0.237. The van der Waals surface area contributed by atoms with E-state index < -0.39 is 5.82 Å². The van der Waals surface area contributed by atoms with Crippen molar-refractivity contribution in [2.75, 3.05) is 23.7 Å². The molecule has 0 bridgehead atoms. The lowest BCUT2D eigenvalue weighted by molar-refractivity contribution is 0.624. The number of rotatable bonds is 6. The molecule has 7 nitrogen and oxygen atoms in total. The maximum atomic E-state index is 14.2. The Morgan fingerprint density at radius 2 is 1.91 bits per heavy atom. The Morgan fingerprint density at radius 1 is 1.09 bits per heavy atom. The van der Waals surface area contributed by atoms with Crippen molar-refractivity contribution < 1.29 is 4.39 Å². The number of aromatic nitrogens is 4. The van der Waals surface area contributed by atoms with Crippen LogP contribution in [0.25, 0.3) is 22.2 Å². The lowest BCUT2D eigenvalue weighted by atomic mass is 9.92. The average Bonchev–Trinajstić information content (AvgIpc) is 2.84. The Kier molecular flexibility index (Phi) is 6.15. The summed E-state index contributed by atoms with van der Waals surface area (Å²) in [6.45, 7) is 1.09. The first-order valence-electron chi connectivity index (χ1n) is 11.3. The number of hydrogen-bond acceptors (Lipinski definition) is 6. The van der Waals surface area contributed by atoms with Crippen LogP contribution in [0.1, 0.15) is 24.1 Å². The summed E-state index contributed by atoms with van der Waals surface area (Å²) in [5.74, 6) is -0.158. The second-order valence-corrected chi connectivity index (χ2v) is 8.79. The molecule has 0 unspecified atom stereocenters. The minimum Gasteiger partial charge on any atom is -0.382 e. The molecule has 4 aromatic rings. The fourth-order valence-corrected chi connectivity index (χ4v) is 4.55. The minimum atomic E-state index is -0.524. The van der Waals surface area contributed by atoms with Gasteiger partial charge in [0, 0.05) is 59.8 Å². The molecular weight excluding hydrogens is 455 g/mol. The van der Waals surface area contributed by atoms with Crippen molar-refractivity contribution in [2.24, 2.45) is 7.05 Å². The zero-order valence-corrected chi connectivity index (χ0v) is 19.5. The number of fused-ring (bicyclic) bond motifs is 2. The van der Waals surface area contributed by atoms with Crippen LogP contribution < -0.4 is 16.2 Å². The average molecular weight is 479 g/mol. The van der Waals surface area contributed by atoms with Gasteiger partial charge in [-0.1, -0.05) is 11.6 Å². The largest absolute Gasteiger partial charge is 0.382 e. The van der Waals surface area contributed by atoms with Crippen LogP contribution in [0, 0.1) is 5.82 Å². The Bertz CT molecular complexity index is 1440. The van der Waals surface area contributed by atoms with Crippen LogP contribution in [-0.4, -0.2) is 32.6 Å². The van der Waals surface area contributed by atoms with Crippen LogP contribution in [0.4, 0.5) is 16.0 Å². The smallest absolute Gasteiger partial charge is 0.255 e. The van der Waals surface area contributed by atoms with Gasteiger partial charge in [0.15, 0.2) is 5.82 Å². The Balaban J connectivity index is 1.37. The molecule has 34 heavy (non-hydrogen) atoms. The fraction of sp³-hybridized carbons (Fsp3) is 0.280. The molecule has 174 valence electrons. The third kappa shape index (κ3) is 4.33. The number of aryl methyl sites for hydroxylation is 1. The molecule has 1 aliphatic rings. The zero-order valence-electron chi connectivity index (χ0n) is 18.7. The predicted molar refractivity (Wildman–Crippen MR) is 133 cm³/mol. The highest BCUT2D eigenvalue weighted by Gasteiger charge is 2.18. The van der Waals surface area contributed by atoms with Crippen LogP contribution in [0.3, 0.4) is 0 Å². The van der Waals surface area contributed by atoms with E-state index in [4.69, 9.17) is 16.6 Å². The molecule has 0 fully saturated rings. The molecule has 0 aliphatic heterocycles. The molecule has 1 aromatic carbocycles. The molecule has 5 rings (SSSR count). The summed E-state index contributed by atoms with van der Waals surface area (Å²) in [5, 5.41) is 8.44. The molecule has 0 amide bonds. The molecular formula is C25H24ClFN6O. The number of hydrogen-bond donors (Lipinski definition) is 2. The number of halogens is 2. The van der Waals surface area contributed by atoms with E-state index >= 15 is 0 Å². The second kappa shape index (κ2) is 9.38. The van der Waals surface area contributed by atoms with Crippen LogP contribution >= 0.6 is 11.6 Å². The number of nitrogens with one attached hydrogen (secondary N) is 2. The van der Waals surface area contributed by atoms with E-state index in [1.807, 2.05) is 18.2 Å². The summed E-state index contributed by atoms with van der Waals surface area (Å²) in [6.07, 6.45) is 6.83. The van der Waals surface area contributed by atoms with Gasteiger partial charge in [-0.3, -0.25) is 19.3 Å². The van der Waals surface area contributed by atoms with E-state index in [1.54, 1.807) is 7.05 Å². The highest BCUT2D eigenvalue weighted by molar-refractivity contribution is 6.31. The van der Waals surface area contributed by atoms with Gasteiger partial charge in [0.05, 0.1) is 17.4 Å². The summed E-state index contributed by atoms with van der Waals surface area (Å²) in [6, 6.07) is 8.60. The summed E-state index contributed by atoms with van der Waals surface area (Å²) in [4.78, 5) is 25.5. The molecule has 0 saturated heterocycles. The van der Waals surface area contributed by atoms with Crippen molar-refractivity contribution >= 4 is 34.1 Å². The number of pyridine rings is 2. The van der Waals surface area contributed by atoms with Crippen molar-refractivity contribution in [3.8, 4) is 11.3 Å². The number of benzene rings is 1. The van der Waals surface area contributed by atoms with E-state index in [2.05, 4.69) is 20.6 Å². The van der Waals surface area contributed by atoms with Crippen molar-refractivity contribution in [3.05, 3.63) is 75.2 Å². The molecule has 0 spiro atoms. The van der Waals surface area contributed by atoms with Gasteiger partial charge in [0.1, 0.15) is 0 Å². The van der Waals surface area contributed by atoms with Gasteiger partial charge in [0.2, 0.25) is 5.95 Å². The van der Waals surface area contributed by atoms with Crippen molar-refractivity contribution in [2.45, 2.75) is 25.7 Å². The molecule has 2 N–H and O–H groups in total. The van der Waals surface area contributed by atoms with Gasteiger partial charge in [-0.15, -0.1) is 0 Å². The summed E-state index contributed by atoms with van der Waals surface area (Å²) < 4.78 is 15.6. The highest BCUT2D eigenvalue weighted by Crippen LogP contribution is 2.34. The van der Waals surface area contributed by atoms with Gasteiger partial charge < -0.3 is 10.6 Å². The zero-order chi connectivity index (χ0) is 23.7. The summed E-state index contributed by atoms with van der Waals surface area (Å²) >= 11 is 6.28. The van der Waals surface area contributed by atoms with Gasteiger partial charge in [-0.25, -0.2) is 9.37 Å². The normalized spacial score (nSPS) is 13.0. The number of nitrogens with zero attached hydrogens (tertiary/aromatic N) is 4. The first-order valence-corrected chi connectivity index (χ1v) is 11.7. The predicted octanol–water partition coefficient (Wildman–Crippen LogP) is 4.59. The SMILES string of the molecule is Cn1c(NCCNc2c3c(nc4ccc(Cl)cc24)CCCC3)nc(-c2ccncc2F)cc1=O. The lowest BCUT2D eigenvalue weighted by Gasteiger charge is -2.22. The Hall–Kier alpha value is -3.52. The molecule has 0 atom stereocenters.